The van der Waals surface area contributed by atoms with Gasteiger partial charge in [-0.05, 0) is 313 Å². The lowest BCUT2D eigenvalue weighted by atomic mass is 10.0. The third kappa shape index (κ3) is 28.7. The van der Waals surface area contributed by atoms with Gasteiger partial charge >= 0.3 is 18.5 Å². The van der Waals surface area contributed by atoms with Gasteiger partial charge in [0.2, 0.25) is 40.8 Å². The number of unbranched alkanes of at least 4 members (excludes halogenated alkanes) is 5. The number of aryl methyl sites for hydroxylation is 11. The summed E-state index contributed by atoms with van der Waals surface area (Å²) in [7, 11) is 0. The fraction of sp³-hybridized carbons (Fsp3) is 0.188. The monoisotopic (exact) mass is 2050 g/mol. The molecule has 14 heterocycles. The number of benzene rings is 7. The van der Waals surface area contributed by atoms with E-state index >= 15 is 0 Å². The average Bonchev–Trinajstić information content (AvgIpc) is 1.45. The normalized spacial score (nSPS) is 11.2. The van der Waals surface area contributed by atoms with Crippen LogP contribution in [-0.2, 0) is 24.9 Å². The average molecular weight is 2050 g/mol. The van der Waals surface area contributed by atoms with E-state index in [4.69, 9.17) is 43.3 Å². The quantitative estimate of drug-likeness (QED) is 0.0476. The molecule has 0 aliphatic carbocycles. The largest absolute Gasteiger partial charge is 0.417 e. The van der Waals surface area contributed by atoms with Crippen molar-refractivity contribution in [2.45, 2.75) is 140 Å². The van der Waals surface area contributed by atoms with Crippen LogP contribution in [0.15, 0.2) is 325 Å². The lowest BCUT2D eigenvalue weighted by molar-refractivity contribution is -0.143. The molecule has 0 fully saturated rings. The Morgan fingerprint density at radius 1 is 0.240 bits per heavy atom. The van der Waals surface area contributed by atoms with E-state index in [1.165, 1.54) is 119 Å². The van der Waals surface area contributed by atoms with Crippen molar-refractivity contribution < 1.29 is 71.2 Å². The van der Waals surface area contributed by atoms with Crippen LogP contribution in [0.25, 0.3) is 160 Å². The molecule has 38 heteroatoms. The summed E-state index contributed by atoms with van der Waals surface area (Å²) < 4.78 is 152. The molecule has 0 unspecified atom stereocenters. The lowest BCUT2D eigenvalue weighted by Gasteiger charge is -2.12. The van der Waals surface area contributed by atoms with Crippen LogP contribution in [-0.4, -0.2) is 106 Å². The minimum atomic E-state index is -4.95. The smallest absolute Gasteiger partial charge is 0.334 e. The highest BCUT2D eigenvalue weighted by atomic mass is 35.5. The maximum absolute atomic E-state index is 12.9. The topological polar surface area (TPSA) is 363 Å². The summed E-state index contributed by atoms with van der Waals surface area (Å²) in [5, 5.41) is 27.1. The summed E-state index contributed by atoms with van der Waals surface area (Å²) in [6.07, 6.45) is 18.0. The first-order valence-electron chi connectivity index (χ1n) is 47.0. The fourth-order valence-electron chi connectivity index (χ4n) is 14.5. The molecule has 21 aromatic rings. The fourth-order valence-corrected chi connectivity index (χ4v) is 14.7. The molecule has 7 aromatic carbocycles. The van der Waals surface area contributed by atoms with Crippen LogP contribution < -0.4 is 0 Å². The van der Waals surface area contributed by atoms with Crippen molar-refractivity contribution in [1.29, 1.82) is 0 Å². The second kappa shape index (κ2) is 49.4. The van der Waals surface area contributed by atoms with Crippen LogP contribution in [0.3, 0.4) is 0 Å². The summed E-state index contributed by atoms with van der Waals surface area (Å²) in [6.45, 7) is 22.8. The molecular weight excluding hydrogens is 1960 g/mol. The maximum atomic E-state index is 12.9. The van der Waals surface area contributed by atoms with Crippen molar-refractivity contribution in [3.8, 4) is 160 Å². The number of hydrogen-bond acceptors (Lipinski definition) is 28. The molecule has 0 aliphatic rings. The highest BCUT2D eigenvalue weighted by Crippen LogP contribution is 2.42. The Kier molecular flexibility index (Phi) is 35.1. The van der Waals surface area contributed by atoms with Gasteiger partial charge in [0.05, 0.1) is 21.7 Å². The Morgan fingerprint density at radius 2 is 0.567 bits per heavy atom. The zero-order valence-electron chi connectivity index (χ0n) is 82.7. The van der Waals surface area contributed by atoms with E-state index in [9.17, 15) is 39.5 Å². The molecule has 150 heavy (non-hydrogen) atoms. The zero-order valence-corrected chi connectivity index (χ0v) is 83.4. The van der Waals surface area contributed by atoms with E-state index in [0.717, 1.165) is 85.3 Å². The second-order valence-corrected chi connectivity index (χ2v) is 34.9. The predicted octanol–water partition coefficient (Wildman–Crippen LogP) is 29.3. The van der Waals surface area contributed by atoms with Crippen LogP contribution in [0.1, 0.15) is 123 Å². The highest BCUT2D eigenvalue weighted by molar-refractivity contribution is 6.31. The van der Waals surface area contributed by atoms with Crippen LogP contribution in [0, 0.1) is 69.2 Å². The summed E-state index contributed by atoms with van der Waals surface area (Å²) in [4.78, 5) is 58.1. The molecule has 0 spiro atoms. The molecule has 0 bridgehead atoms. The van der Waals surface area contributed by atoms with Gasteiger partial charge in [-0.3, -0.25) is 34.9 Å². The van der Waals surface area contributed by atoms with E-state index < -0.39 is 46.7 Å². The van der Waals surface area contributed by atoms with Gasteiger partial charge in [0.1, 0.15) is 0 Å². The Balaban J connectivity index is 0.000000131. The Morgan fingerprint density at radius 3 is 0.933 bits per heavy atom. The van der Waals surface area contributed by atoms with Gasteiger partial charge in [0.15, 0.2) is 0 Å². The van der Waals surface area contributed by atoms with Crippen LogP contribution in [0.2, 0.25) is 5.02 Å². The summed E-state index contributed by atoms with van der Waals surface area (Å²) in [6, 6.07) is 58.9. The molecule has 760 valence electrons. The van der Waals surface area contributed by atoms with Crippen LogP contribution in [0.5, 0.6) is 0 Å². The Labute approximate surface area is 859 Å². The molecule has 28 nitrogen and oxygen atoms in total. The number of nitrogens with zero attached hydrogens (tertiary/aromatic N) is 21. The van der Waals surface area contributed by atoms with Crippen molar-refractivity contribution in [1.82, 2.24) is 106 Å². The first-order chi connectivity index (χ1) is 72.2. The van der Waals surface area contributed by atoms with Gasteiger partial charge in [-0.1, -0.05) is 123 Å². The molecule has 0 saturated heterocycles. The number of hydrogen-bond donors (Lipinski definition) is 0. The maximum Gasteiger partial charge on any atom is 0.417 e. The van der Waals surface area contributed by atoms with Gasteiger partial charge < -0.3 is 31.7 Å². The molecule has 0 amide bonds. The number of pyridine rings is 7. The minimum absolute atomic E-state index is 0.0170. The number of alkyl halides is 9. The molecular formula is C112H95ClF9N21O7. The molecule has 0 aliphatic heterocycles. The van der Waals surface area contributed by atoms with Gasteiger partial charge in [0.25, 0.3) is 41.2 Å². The molecule has 0 radical (unpaired) electrons. The van der Waals surface area contributed by atoms with Crippen molar-refractivity contribution in [2.75, 3.05) is 0 Å². The van der Waals surface area contributed by atoms with Gasteiger partial charge in [-0.25, -0.2) is 0 Å². The van der Waals surface area contributed by atoms with Crippen LogP contribution in [0.4, 0.5) is 39.5 Å². The van der Waals surface area contributed by atoms with Crippen LogP contribution >= 0.6 is 11.6 Å². The van der Waals surface area contributed by atoms with E-state index in [1.54, 1.807) is 86.5 Å². The first kappa shape index (κ1) is 106. The van der Waals surface area contributed by atoms with Crippen molar-refractivity contribution in [3.63, 3.8) is 0 Å². The summed E-state index contributed by atoms with van der Waals surface area (Å²) >= 11 is 5.58. The van der Waals surface area contributed by atoms with E-state index in [-0.39, 0.29) is 34.2 Å². The molecule has 0 saturated carbocycles. The lowest BCUT2D eigenvalue weighted by Crippen LogP contribution is -2.11. The molecule has 14 aromatic heterocycles. The van der Waals surface area contributed by atoms with Gasteiger partial charge in [-0.2, -0.15) is 74.4 Å². The minimum Gasteiger partial charge on any atom is -0.334 e. The SMILES string of the molecule is CCCCCCCCc1ccc(-c2nc(-c3ccncc3)no2)cc1.Cc1ccc(-c2nc(-c3cccnc3)no2)cc1C.Cc1ccc(-c2nc(-c3cccnc3)no2)cc1C.Cc1ccc(-c2nc(-c3ccncc3C)no2)cc1C.Cc1cncc(-c2noc(-c3ccc(C)c(C)c3)n2)c1.FC(F)(F)c1cc(-c2nc(-c3ccncc3)no2)cc(C(F)(F)F)c1.FC(F)(F)c1cc(-c2nc(-c3ccncc3)no2)ccc1Cl. The highest BCUT2D eigenvalue weighted by Gasteiger charge is 2.38. The van der Waals surface area contributed by atoms with Crippen molar-refractivity contribution in [2.24, 2.45) is 0 Å². The van der Waals surface area contributed by atoms with Crippen molar-refractivity contribution >= 4 is 11.6 Å². The molecule has 0 N–H and O–H groups in total. The Hall–Kier alpha value is -17.8. The van der Waals surface area contributed by atoms with Crippen molar-refractivity contribution in [3.05, 3.63) is 376 Å². The first-order valence-corrected chi connectivity index (χ1v) is 47.4. The van der Waals surface area contributed by atoms with E-state index in [1.807, 2.05) is 86.6 Å². The summed E-state index contributed by atoms with van der Waals surface area (Å²) in [5.41, 5.74) is 19.3. The number of aromatic nitrogens is 21. The third-order valence-electron chi connectivity index (χ3n) is 23.4. The molecule has 0 atom stereocenters. The predicted molar refractivity (Wildman–Crippen MR) is 545 cm³/mol. The standard InChI is InChI=1S/C21H25N3O.2C16H15N3O.C15H7F6N3O.2C15H13N3O.C14H7ClF3N3O/c1-2-3-4-5-6-7-8-17-9-11-19(12-10-17)21-23-20(24-25-21)18-13-15-22-16-14-18;1-10-6-14(9-17-8-10)15-18-16(20-19-15)13-5-4-11(2)12(3)7-13;1-10-4-5-13(8-11(10)2)16-18-15(19-20-16)14-6-7-17-9-12(14)3;16-14(17,18)10-5-9(6-11(7-10)15(19,20)21)13-23-12(24-25-13)8-1-3-22-4-2-8;2*1-10-5-6-12(8-11(10)2)15-17-14(18-19-15)13-4-3-7-16-9-13;15-11-2-1-9(7-10(11)14(16,17)18)13-20-12(21-22-13)8-3-5-19-6-4-8/h9-16H,2-8H2,1H3;2*4-9H,1-3H3;1-7H;2*3-9H,1-2H3;1-7H. The second-order valence-electron chi connectivity index (χ2n) is 34.5. The third-order valence-corrected chi connectivity index (χ3v) is 23.7. The zero-order chi connectivity index (χ0) is 106. The number of rotatable bonds is 21. The van der Waals surface area contributed by atoms with Gasteiger partial charge in [-0.15, -0.1) is 0 Å². The Bertz CT molecular complexity index is 7850. The van der Waals surface area contributed by atoms with E-state index in [2.05, 4.69) is 241 Å². The van der Waals surface area contributed by atoms with E-state index in [0.29, 0.717) is 81.8 Å². The van der Waals surface area contributed by atoms with Gasteiger partial charge in [0, 0.05) is 165 Å². The molecule has 21 rings (SSSR count). The summed E-state index contributed by atoms with van der Waals surface area (Å²) in [5.74, 6) is 5.36. The number of halogens is 10.